The number of carbonyl (C=O) groups is 1. The average Bonchev–Trinajstić information content (AvgIpc) is 3.02. The van der Waals surface area contributed by atoms with Crippen LogP contribution in [0.2, 0.25) is 0 Å². The Balaban J connectivity index is 1.50. The molecule has 2 aromatic carbocycles. The molecule has 1 fully saturated rings. The van der Waals surface area contributed by atoms with Crippen LogP contribution >= 0.6 is 0 Å². The maximum absolute atomic E-state index is 11.9. The first-order valence-corrected chi connectivity index (χ1v) is 8.82. The second kappa shape index (κ2) is 6.62. The van der Waals surface area contributed by atoms with Gasteiger partial charge in [-0.2, -0.15) is 0 Å². The van der Waals surface area contributed by atoms with Crippen LogP contribution in [-0.4, -0.2) is 31.1 Å². The quantitative estimate of drug-likeness (QED) is 0.804. The Bertz CT molecular complexity index is 764. The minimum atomic E-state index is -0.286. The van der Waals surface area contributed by atoms with E-state index in [1.807, 2.05) is 18.2 Å². The predicted molar refractivity (Wildman–Crippen MR) is 95.2 cm³/mol. The topological polar surface area (TPSA) is 38.8 Å². The number of rotatable bonds is 3. The summed E-state index contributed by atoms with van der Waals surface area (Å²) in [5.41, 5.74) is 4.09. The summed E-state index contributed by atoms with van der Waals surface area (Å²) in [6.45, 7) is 3.61. The molecule has 4 heteroatoms. The third kappa shape index (κ3) is 3.08. The standard InChI is InChI=1S/C21H23NO3/c1-24-20(23)17-7-8-18-15-25-21(19(18)13-17)9-11-22(12-10-21)14-16-5-3-2-4-6-16/h2-8,13H,9-12,14-15H2,1H3. The zero-order chi connectivity index (χ0) is 17.3. The fourth-order valence-electron chi connectivity index (χ4n) is 3.99. The van der Waals surface area contributed by atoms with E-state index in [4.69, 9.17) is 9.47 Å². The number of hydrogen-bond donors (Lipinski definition) is 0. The van der Waals surface area contributed by atoms with Crippen LogP contribution < -0.4 is 0 Å². The first-order chi connectivity index (χ1) is 12.2. The Morgan fingerprint density at radius 3 is 2.64 bits per heavy atom. The van der Waals surface area contributed by atoms with Crippen LogP contribution in [0.15, 0.2) is 48.5 Å². The van der Waals surface area contributed by atoms with Crippen LogP contribution in [0.4, 0.5) is 0 Å². The van der Waals surface area contributed by atoms with Crippen molar-refractivity contribution in [2.24, 2.45) is 0 Å². The summed E-state index contributed by atoms with van der Waals surface area (Å²) >= 11 is 0. The third-order valence-electron chi connectivity index (χ3n) is 5.44. The predicted octanol–water partition coefficient (Wildman–Crippen LogP) is 3.49. The van der Waals surface area contributed by atoms with E-state index in [2.05, 4.69) is 35.2 Å². The van der Waals surface area contributed by atoms with Crippen molar-refractivity contribution in [2.45, 2.75) is 31.6 Å². The van der Waals surface area contributed by atoms with E-state index in [-0.39, 0.29) is 11.6 Å². The average molecular weight is 337 g/mol. The van der Waals surface area contributed by atoms with Gasteiger partial charge < -0.3 is 9.47 Å². The van der Waals surface area contributed by atoms with Crippen LogP contribution in [0.3, 0.4) is 0 Å². The number of nitrogens with zero attached hydrogens (tertiary/aromatic N) is 1. The number of hydrogen-bond acceptors (Lipinski definition) is 4. The van der Waals surface area contributed by atoms with Gasteiger partial charge in [0, 0.05) is 19.6 Å². The smallest absolute Gasteiger partial charge is 0.337 e. The molecule has 4 nitrogen and oxygen atoms in total. The molecule has 0 amide bonds. The van der Waals surface area contributed by atoms with E-state index >= 15 is 0 Å². The number of fused-ring (bicyclic) bond motifs is 2. The first kappa shape index (κ1) is 16.3. The fraction of sp³-hybridized carbons (Fsp3) is 0.381. The van der Waals surface area contributed by atoms with Gasteiger partial charge >= 0.3 is 5.97 Å². The molecule has 25 heavy (non-hydrogen) atoms. The summed E-state index contributed by atoms with van der Waals surface area (Å²) in [4.78, 5) is 14.3. The van der Waals surface area contributed by atoms with Crippen LogP contribution in [0.5, 0.6) is 0 Å². The summed E-state index contributed by atoms with van der Waals surface area (Å²) in [6, 6.07) is 16.4. The first-order valence-electron chi connectivity index (χ1n) is 8.82. The Morgan fingerprint density at radius 1 is 1.16 bits per heavy atom. The normalized spacial score (nSPS) is 18.9. The van der Waals surface area contributed by atoms with Crippen LogP contribution in [0, 0.1) is 0 Å². The molecule has 0 radical (unpaired) electrons. The van der Waals surface area contributed by atoms with Crippen molar-refractivity contribution in [1.29, 1.82) is 0 Å². The molecule has 0 bridgehead atoms. The lowest BCUT2D eigenvalue weighted by molar-refractivity contribution is -0.0799. The van der Waals surface area contributed by atoms with Crippen molar-refractivity contribution in [3.8, 4) is 0 Å². The van der Waals surface area contributed by atoms with Crippen LogP contribution in [0.25, 0.3) is 0 Å². The molecule has 130 valence electrons. The number of ether oxygens (including phenoxy) is 2. The number of benzene rings is 2. The number of likely N-dealkylation sites (tertiary alicyclic amines) is 1. The molecule has 0 N–H and O–H groups in total. The van der Waals surface area contributed by atoms with Gasteiger partial charge in [-0.05, 0) is 41.7 Å². The molecule has 1 spiro atoms. The zero-order valence-corrected chi connectivity index (χ0v) is 14.5. The highest BCUT2D eigenvalue weighted by Gasteiger charge is 2.42. The van der Waals surface area contributed by atoms with Gasteiger partial charge in [0.15, 0.2) is 0 Å². The number of methoxy groups -OCH3 is 1. The van der Waals surface area contributed by atoms with Crippen LogP contribution in [-0.2, 0) is 28.2 Å². The van der Waals surface area contributed by atoms with E-state index < -0.39 is 0 Å². The maximum Gasteiger partial charge on any atom is 0.337 e. The van der Waals surface area contributed by atoms with Gasteiger partial charge in [0.25, 0.3) is 0 Å². The number of piperidine rings is 1. The molecule has 0 aromatic heterocycles. The summed E-state index contributed by atoms with van der Waals surface area (Å²) in [5.74, 6) is -0.286. The van der Waals surface area contributed by atoms with Crippen molar-refractivity contribution in [3.05, 3.63) is 70.8 Å². The molecular weight excluding hydrogens is 314 g/mol. The molecule has 1 saturated heterocycles. The maximum atomic E-state index is 11.9. The highest BCUT2D eigenvalue weighted by Crippen LogP contribution is 2.44. The molecule has 2 heterocycles. The zero-order valence-electron chi connectivity index (χ0n) is 14.5. The lowest BCUT2D eigenvalue weighted by Crippen LogP contribution is -2.42. The Hall–Kier alpha value is -2.17. The summed E-state index contributed by atoms with van der Waals surface area (Å²) in [5, 5.41) is 0. The van der Waals surface area contributed by atoms with Crippen molar-refractivity contribution < 1.29 is 14.3 Å². The third-order valence-corrected chi connectivity index (χ3v) is 5.44. The molecule has 0 unspecified atom stereocenters. The molecule has 2 aromatic rings. The molecule has 4 rings (SSSR count). The second-order valence-corrected chi connectivity index (χ2v) is 6.91. The Kier molecular flexibility index (Phi) is 4.32. The number of esters is 1. The van der Waals surface area contributed by atoms with Gasteiger partial charge in [-0.25, -0.2) is 4.79 Å². The monoisotopic (exact) mass is 337 g/mol. The largest absolute Gasteiger partial charge is 0.465 e. The lowest BCUT2D eigenvalue weighted by Gasteiger charge is -2.39. The molecular formula is C21H23NO3. The molecule has 0 atom stereocenters. The second-order valence-electron chi connectivity index (χ2n) is 6.91. The summed E-state index contributed by atoms with van der Waals surface area (Å²) in [6.07, 6.45) is 1.91. The van der Waals surface area contributed by atoms with Gasteiger partial charge in [0.1, 0.15) is 0 Å². The molecule has 0 aliphatic carbocycles. The lowest BCUT2D eigenvalue weighted by atomic mass is 9.83. The van der Waals surface area contributed by atoms with Crippen molar-refractivity contribution >= 4 is 5.97 Å². The fourth-order valence-corrected chi connectivity index (χ4v) is 3.99. The SMILES string of the molecule is COC(=O)c1ccc2c(c1)C1(CCN(Cc3ccccc3)CC1)OC2. The highest BCUT2D eigenvalue weighted by atomic mass is 16.5. The van der Waals surface area contributed by atoms with E-state index in [0.717, 1.165) is 32.5 Å². The van der Waals surface area contributed by atoms with E-state index in [0.29, 0.717) is 12.2 Å². The minimum Gasteiger partial charge on any atom is -0.465 e. The van der Waals surface area contributed by atoms with Crippen LogP contribution in [0.1, 0.15) is 39.9 Å². The molecule has 0 saturated carbocycles. The van der Waals surface area contributed by atoms with Crippen molar-refractivity contribution in [1.82, 2.24) is 4.90 Å². The Labute approximate surface area is 148 Å². The minimum absolute atomic E-state index is 0.243. The van der Waals surface area contributed by atoms with Gasteiger partial charge in [0.2, 0.25) is 0 Å². The number of carbonyl (C=O) groups excluding carboxylic acids is 1. The van der Waals surface area contributed by atoms with Gasteiger partial charge in [-0.3, -0.25) is 4.90 Å². The Morgan fingerprint density at radius 2 is 1.92 bits per heavy atom. The highest BCUT2D eigenvalue weighted by molar-refractivity contribution is 5.89. The van der Waals surface area contributed by atoms with Gasteiger partial charge in [0.05, 0.1) is 24.9 Å². The van der Waals surface area contributed by atoms with Gasteiger partial charge in [-0.1, -0.05) is 36.4 Å². The molecule has 2 aliphatic rings. The molecule has 2 aliphatic heterocycles. The van der Waals surface area contributed by atoms with E-state index in [1.165, 1.54) is 23.8 Å². The van der Waals surface area contributed by atoms with E-state index in [9.17, 15) is 4.79 Å². The van der Waals surface area contributed by atoms with Crippen molar-refractivity contribution in [3.63, 3.8) is 0 Å². The van der Waals surface area contributed by atoms with Gasteiger partial charge in [-0.15, -0.1) is 0 Å². The van der Waals surface area contributed by atoms with E-state index in [1.54, 1.807) is 0 Å². The van der Waals surface area contributed by atoms with Crippen molar-refractivity contribution in [2.75, 3.05) is 20.2 Å². The summed E-state index contributed by atoms with van der Waals surface area (Å²) in [7, 11) is 1.42. The summed E-state index contributed by atoms with van der Waals surface area (Å²) < 4.78 is 11.1.